The van der Waals surface area contributed by atoms with E-state index in [0.717, 1.165) is 10.1 Å². The second kappa shape index (κ2) is 7.22. The van der Waals surface area contributed by atoms with Crippen molar-refractivity contribution in [2.75, 3.05) is 31.5 Å². The van der Waals surface area contributed by atoms with Gasteiger partial charge in [0.1, 0.15) is 11.5 Å². The highest BCUT2D eigenvalue weighted by atomic mass is 16.5. The van der Waals surface area contributed by atoms with E-state index in [-0.39, 0.29) is 6.54 Å². The highest BCUT2D eigenvalue weighted by molar-refractivity contribution is 5.72. The SMILES string of the molecule is C#CCn1c(=O)[nH]c2c(c1=O)N(C)C(C#Cc1ccc(OC)c(OC)c1)N2. The van der Waals surface area contributed by atoms with Gasteiger partial charge in [0.15, 0.2) is 17.7 Å². The van der Waals surface area contributed by atoms with E-state index >= 15 is 0 Å². The summed E-state index contributed by atoms with van der Waals surface area (Å²) in [6, 6.07) is 5.33. The number of aromatic amines is 1. The number of fused-ring (bicyclic) bond motifs is 1. The molecule has 8 nitrogen and oxygen atoms in total. The Kier molecular flexibility index (Phi) is 4.82. The maximum absolute atomic E-state index is 12.5. The normalized spacial score (nSPS) is 14.4. The van der Waals surface area contributed by atoms with E-state index in [1.54, 1.807) is 44.4 Å². The number of nitrogens with zero attached hydrogens (tertiary/aromatic N) is 2. The molecule has 0 saturated carbocycles. The molecule has 0 aliphatic carbocycles. The highest BCUT2D eigenvalue weighted by Gasteiger charge is 2.29. The largest absolute Gasteiger partial charge is 0.493 e. The molecule has 0 saturated heterocycles. The Morgan fingerprint density at radius 1 is 1.22 bits per heavy atom. The van der Waals surface area contributed by atoms with Gasteiger partial charge in [0.05, 0.1) is 20.8 Å². The van der Waals surface area contributed by atoms with Crippen LogP contribution >= 0.6 is 0 Å². The minimum Gasteiger partial charge on any atom is -0.493 e. The van der Waals surface area contributed by atoms with Crippen molar-refractivity contribution in [3.05, 3.63) is 44.6 Å². The van der Waals surface area contributed by atoms with Crippen LogP contribution in [0.4, 0.5) is 11.5 Å². The maximum atomic E-state index is 12.5. The lowest BCUT2D eigenvalue weighted by Crippen LogP contribution is -2.38. The number of ether oxygens (including phenoxy) is 2. The molecule has 1 aliphatic rings. The lowest BCUT2D eigenvalue weighted by atomic mass is 10.2. The molecule has 1 atom stereocenters. The van der Waals surface area contributed by atoms with Crippen LogP contribution in [-0.4, -0.2) is 37.0 Å². The molecule has 0 fully saturated rings. The number of H-pyrrole nitrogens is 1. The summed E-state index contributed by atoms with van der Waals surface area (Å²) in [6.07, 6.45) is 4.74. The van der Waals surface area contributed by atoms with Crippen molar-refractivity contribution in [1.82, 2.24) is 9.55 Å². The van der Waals surface area contributed by atoms with Crippen molar-refractivity contribution in [3.8, 4) is 35.7 Å². The molecule has 2 heterocycles. The third-order valence-corrected chi connectivity index (χ3v) is 4.17. The first-order chi connectivity index (χ1) is 13.0. The van der Waals surface area contributed by atoms with E-state index < -0.39 is 17.4 Å². The third kappa shape index (κ3) is 3.21. The predicted molar refractivity (Wildman–Crippen MR) is 102 cm³/mol. The van der Waals surface area contributed by atoms with Crippen molar-refractivity contribution in [1.29, 1.82) is 0 Å². The van der Waals surface area contributed by atoms with Crippen LogP contribution in [0.3, 0.4) is 0 Å². The molecule has 0 bridgehead atoms. The predicted octanol–water partition coefficient (Wildman–Crippen LogP) is 0.426. The minimum atomic E-state index is -0.564. The van der Waals surface area contributed by atoms with E-state index in [1.165, 1.54) is 0 Å². The smallest absolute Gasteiger partial charge is 0.330 e. The second-order valence-corrected chi connectivity index (χ2v) is 5.75. The van der Waals surface area contributed by atoms with Crippen molar-refractivity contribution < 1.29 is 9.47 Å². The topological polar surface area (TPSA) is 88.6 Å². The van der Waals surface area contributed by atoms with Crippen molar-refractivity contribution in [2.45, 2.75) is 12.7 Å². The number of rotatable bonds is 3. The average Bonchev–Trinajstić information content (AvgIpc) is 2.98. The molecule has 1 aromatic heterocycles. The summed E-state index contributed by atoms with van der Waals surface area (Å²) in [6.45, 7) is -0.0999. The minimum absolute atomic E-state index is 0.0999. The number of anilines is 2. The van der Waals surface area contributed by atoms with Gasteiger partial charge in [-0.3, -0.25) is 9.78 Å². The highest BCUT2D eigenvalue weighted by Crippen LogP contribution is 2.28. The zero-order chi connectivity index (χ0) is 19.6. The molecule has 1 unspecified atom stereocenters. The summed E-state index contributed by atoms with van der Waals surface area (Å²) in [7, 11) is 4.83. The molecule has 2 aromatic rings. The zero-order valence-corrected chi connectivity index (χ0v) is 15.1. The van der Waals surface area contributed by atoms with Crippen LogP contribution in [0.2, 0.25) is 0 Å². The van der Waals surface area contributed by atoms with Crippen LogP contribution in [0.5, 0.6) is 11.5 Å². The average molecular weight is 366 g/mol. The Balaban J connectivity index is 1.93. The Morgan fingerprint density at radius 3 is 2.63 bits per heavy atom. The number of terminal acetylenes is 1. The van der Waals surface area contributed by atoms with Crippen molar-refractivity contribution in [2.24, 2.45) is 0 Å². The van der Waals surface area contributed by atoms with Gasteiger partial charge in [0, 0.05) is 12.6 Å². The number of hydrogen-bond donors (Lipinski definition) is 2. The van der Waals surface area contributed by atoms with Crippen LogP contribution < -0.4 is 30.9 Å². The number of aromatic nitrogens is 2. The Bertz CT molecular complexity index is 1100. The third-order valence-electron chi connectivity index (χ3n) is 4.17. The molecule has 2 N–H and O–H groups in total. The van der Waals surface area contributed by atoms with Crippen LogP contribution in [0, 0.1) is 24.2 Å². The number of nitrogens with one attached hydrogen (secondary N) is 2. The van der Waals surface area contributed by atoms with E-state index in [2.05, 4.69) is 28.1 Å². The number of methoxy groups -OCH3 is 2. The molecule has 0 amide bonds. The fraction of sp³-hybridized carbons (Fsp3) is 0.263. The zero-order valence-electron chi connectivity index (χ0n) is 15.1. The summed E-state index contributed by atoms with van der Waals surface area (Å²) in [4.78, 5) is 28.8. The fourth-order valence-electron chi connectivity index (χ4n) is 2.79. The summed E-state index contributed by atoms with van der Waals surface area (Å²) >= 11 is 0. The van der Waals surface area contributed by atoms with Crippen LogP contribution in [0.25, 0.3) is 0 Å². The van der Waals surface area contributed by atoms with E-state index in [9.17, 15) is 9.59 Å². The lowest BCUT2D eigenvalue weighted by Gasteiger charge is -2.15. The van der Waals surface area contributed by atoms with Gasteiger partial charge >= 0.3 is 5.69 Å². The fourth-order valence-corrected chi connectivity index (χ4v) is 2.79. The molecule has 1 aromatic carbocycles. The molecular weight excluding hydrogens is 348 g/mol. The first-order valence-corrected chi connectivity index (χ1v) is 8.03. The van der Waals surface area contributed by atoms with E-state index in [4.69, 9.17) is 15.9 Å². The Morgan fingerprint density at radius 2 is 1.96 bits per heavy atom. The summed E-state index contributed by atoms with van der Waals surface area (Å²) in [5.41, 5.74) is 0.0109. The van der Waals surface area contributed by atoms with Gasteiger partial charge in [0.25, 0.3) is 5.56 Å². The lowest BCUT2D eigenvalue weighted by molar-refractivity contribution is 0.355. The van der Waals surface area contributed by atoms with Gasteiger partial charge in [-0.2, -0.15) is 0 Å². The molecule has 138 valence electrons. The quantitative estimate of drug-likeness (QED) is 0.766. The van der Waals surface area contributed by atoms with Gasteiger partial charge in [-0.25, -0.2) is 9.36 Å². The van der Waals surface area contributed by atoms with Gasteiger partial charge in [0.2, 0.25) is 0 Å². The molecule has 1 aliphatic heterocycles. The molecule has 27 heavy (non-hydrogen) atoms. The summed E-state index contributed by atoms with van der Waals surface area (Å²) in [5.74, 6) is 9.88. The van der Waals surface area contributed by atoms with Crippen LogP contribution in [0.15, 0.2) is 27.8 Å². The second-order valence-electron chi connectivity index (χ2n) is 5.75. The van der Waals surface area contributed by atoms with E-state index in [0.29, 0.717) is 23.0 Å². The molecule has 0 spiro atoms. The first kappa shape index (κ1) is 18.0. The molecular formula is C19H18N4O4. The standard InChI is InChI=1S/C19H18N4O4/c1-5-10-23-18(24)16-17(21-19(23)25)20-15(22(16)2)9-7-12-6-8-13(26-3)14(11-12)27-4/h1,6,8,11,15,20H,10H2,2-4H3,(H,21,25). The van der Waals surface area contributed by atoms with Crippen LogP contribution in [0.1, 0.15) is 5.56 Å². The Hall–Kier alpha value is -3.78. The summed E-state index contributed by atoms with van der Waals surface area (Å²) in [5, 5.41) is 3.03. The Labute approximate surface area is 155 Å². The van der Waals surface area contributed by atoms with Gasteiger partial charge in [-0.15, -0.1) is 6.42 Å². The first-order valence-electron chi connectivity index (χ1n) is 8.03. The monoisotopic (exact) mass is 366 g/mol. The van der Waals surface area contributed by atoms with Crippen LogP contribution in [-0.2, 0) is 6.54 Å². The summed E-state index contributed by atoms with van der Waals surface area (Å²) < 4.78 is 11.4. The molecule has 0 radical (unpaired) electrons. The maximum Gasteiger partial charge on any atom is 0.330 e. The van der Waals surface area contributed by atoms with Gasteiger partial charge < -0.3 is 19.7 Å². The van der Waals surface area contributed by atoms with Gasteiger partial charge in [-0.05, 0) is 18.2 Å². The number of benzene rings is 1. The molecule has 8 heteroatoms. The van der Waals surface area contributed by atoms with Crippen molar-refractivity contribution >= 4 is 11.5 Å². The number of hydrogen-bond acceptors (Lipinski definition) is 6. The van der Waals surface area contributed by atoms with Gasteiger partial charge in [-0.1, -0.05) is 17.8 Å². The van der Waals surface area contributed by atoms with E-state index in [1.807, 2.05) is 0 Å². The van der Waals surface area contributed by atoms with Crippen molar-refractivity contribution in [3.63, 3.8) is 0 Å². The molecule has 3 rings (SSSR count).